The summed E-state index contributed by atoms with van der Waals surface area (Å²) in [6.45, 7) is 2.07. The lowest BCUT2D eigenvalue weighted by molar-refractivity contribution is 0.0721. The third-order valence-electron chi connectivity index (χ3n) is 4.46. The lowest BCUT2D eigenvalue weighted by Gasteiger charge is -2.25. The van der Waals surface area contributed by atoms with Gasteiger partial charge in [0.05, 0.1) is 25.4 Å². The molecule has 1 N–H and O–H groups in total. The number of hydrogen-bond donors (Lipinski definition) is 1. The summed E-state index contributed by atoms with van der Waals surface area (Å²) in [5.74, 6) is 0.0746. The van der Waals surface area contributed by atoms with Gasteiger partial charge >= 0.3 is 0 Å². The molecule has 1 saturated heterocycles. The monoisotopic (exact) mass is 343 g/mol. The van der Waals surface area contributed by atoms with Gasteiger partial charge < -0.3 is 14.9 Å². The molecule has 1 amide bonds. The second-order valence-corrected chi connectivity index (χ2v) is 6.82. The number of hydrogen-bond acceptors (Lipinski definition) is 5. The summed E-state index contributed by atoms with van der Waals surface area (Å²) >= 11 is 0. The molecule has 0 radical (unpaired) electrons. The minimum Gasteiger partial charge on any atom is -0.390 e. The minimum absolute atomic E-state index is 0.0746. The summed E-state index contributed by atoms with van der Waals surface area (Å²) in [5.41, 5.74) is 2.42. The molecule has 0 aliphatic carbocycles. The van der Waals surface area contributed by atoms with E-state index in [9.17, 15) is 4.79 Å². The Morgan fingerprint density at radius 2 is 2.24 bits per heavy atom. The maximum atomic E-state index is 13.0. The second kappa shape index (κ2) is 7.76. The number of aliphatic hydroxyl groups excluding tert-OH is 1. The van der Waals surface area contributed by atoms with Crippen molar-refractivity contribution in [2.75, 3.05) is 20.6 Å². The summed E-state index contributed by atoms with van der Waals surface area (Å²) in [7, 11) is 4.04. The number of carbonyl (C=O) groups is 1. The van der Waals surface area contributed by atoms with Crippen molar-refractivity contribution >= 4 is 5.91 Å². The Balaban J connectivity index is 1.72. The fourth-order valence-corrected chi connectivity index (χ4v) is 3.34. The van der Waals surface area contributed by atoms with Crippen LogP contribution in [0.25, 0.3) is 0 Å². The predicted octanol–water partition coefficient (Wildman–Crippen LogP) is 1.14. The third-order valence-corrected chi connectivity index (χ3v) is 4.46. The van der Waals surface area contributed by atoms with E-state index in [1.54, 1.807) is 10.9 Å². The van der Waals surface area contributed by atoms with E-state index in [2.05, 4.69) is 15.2 Å². The highest BCUT2D eigenvalue weighted by molar-refractivity contribution is 5.94. The SMILES string of the molecule is CN(C)Cc1cccc(C(=O)N2CCC[C@H]2Cn2cc(CO)nn2)c1. The van der Waals surface area contributed by atoms with Crippen molar-refractivity contribution in [2.45, 2.75) is 38.6 Å². The molecule has 1 fully saturated rings. The highest BCUT2D eigenvalue weighted by atomic mass is 16.3. The topological polar surface area (TPSA) is 74.5 Å². The summed E-state index contributed by atoms with van der Waals surface area (Å²) in [6.07, 6.45) is 3.69. The number of nitrogens with zero attached hydrogens (tertiary/aromatic N) is 5. The molecule has 0 unspecified atom stereocenters. The number of rotatable bonds is 6. The summed E-state index contributed by atoms with van der Waals surface area (Å²) in [4.78, 5) is 17.0. The molecular weight excluding hydrogens is 318 g/mol. The average Bonchev–Trinajstić information content (AvgIpc) is 3.23. The first-order valence-electron chi connectivity index (χ1n) is 8.61. The molecule has 0 saturated carbocycles. The third kappa shape index (κ3) is 4.24. The molecule has 1 aromatic carbocycles. The van der Waals surface area contributed by atoms with Gasteiger partial charge in [-0.2, -0.15) is 0 Å². The van der Waals surface area contributed by atoms with E-state index in [0.29, 0.717) is 12.2 Å². The molecule has 0 bridgehead atoms. The quantitative estimate of drug-likeness (QED) is 0.851. The molecule has 0 spiro atoms. The van der Waals surface area contributed by atoms with Crippen molar-refractivity contribution in [1.82, 2.24) is 24.8 Å². The Morgan fingerprint density at radius 1 is 1.40 bits per heavy atom. The van der Waals surface area contributed by atoms with Crippen LogP contribution >= 0.6 is 0 Å². The molecule has 134 valence electrons. The van der Waals surface area contributed by atoms with Crippen LogP contribution in [0.2, 0.25) is 0 Å². The second-order valence-electron chi connectivity index (χ2n) is 6.82. The minimum atomic E-state index is -0.119. The van der Waals surface area contributed by atoms with Crippen molar-refractivity contribution in [2.24, 2.45) is 0 Å². The fourth-order valence-electron chi connectivity index (χ4n) is 3.34. The Bertz CT molecular complexity index is 728. The van der Waals surface area contributed by atoms with Gasteiger partial charge in [-0.3, -0.25) is 9.48 Å². The molecule has 7 nitrogen and oxygen atoms in total. The predicted molar refractivity (Wildman–Crippen MR) is 93.8 cm³/mol. The number of aromatic nitrogens is 3. The molecular formula is C18H25N5O2. The zero-order valence-corrected chi connectivity index (χ0v) is 14.8. The Morgan fingerprint density at radius 3 is 2.96 bits per heavy atom. The van der Waals surface area contributed by atoms with Crippen molar-refractivity contribution in [3.05, 3.63) is 47.3 Å². The maximum Gasteiger partial charge on any atom is 0.254 e. The zero-order chi connectivity index (χ0) is 17.8. The Kier molecular flexibility index (Phi) is 5.45. The smallest absolute Gasteiger partial charge is 0.254 e. The van der Waals surface area contributed by atoms with Gasteiger partial charge in [-0.25, -0.2) is 0 Å². The number of aliphatic hydroxyl groups is 1. The van der Waals surface area contributed by atoms with Crippen LogP contribution in [0, 0.1) is 0 Å². The molecule has 2 aromatic rings. The van der Waals surface area contributed by atoms with Gasteiger partial charge in [0.2, 0.25) is 0 Å². The van der Waals surface area contributed by atoms with E-state index < -0.39 is 0 Å². The van der Waals surface area contributed by atoms with Gasteiger partial charge in [-0.1, -0.05) is 17.3 Å². The molecule has 1 aromatic heterocycles. The first kappa shape index (κ1) is 17.6. The van der Waals surface area contributed by atoms with E-state index in [0.717, 1.165) is 37.1 Å². The van der Waals surface area contributed by atoms with Crippen LogP contribution in [-0.4, -0.2) is 62.5 Å². The molecule has 7 heteroatoms. The lowest BCUT2D eigenvalue weighted by atomic mass is 10.1. The van der Waals surface area contributed by atoms with Crippen molar-refractivity contribution in [1.29, 1.82) is 0 Å². The van der Waals surface area contributed by atoms with Gasteiger partial charge in [0.25, 0.3) is 5.91 Å². The molecule has 2 heterocycles. The van der Waals surface area contributed by atoms with Crippen LogP contribution in [0.5, 0.6) is 0 Å². The van der Waals surface area contributed by atoms with Gasteiger partial charge in [0.15, 0.2) is 0 Å². The van der Waals surface area contributed by atoms with Crippen LogP contribution in [0.4, 0.5) is 0 Å². The average molecular weight is 343 g/mol. The number of carbonyl (C=O) groups excluding carboxylic acids is 1. The summed E-state index contributed by atoms with van der Waals surface area (Å²) < 4.78 is 1.71. The molecule has 1 aliphatic rings. The van der Waals surface area contributed by atoms with Crippen molar-refractivity contribution in [3.63, 3.8) is 0 Å². The van der Waals surface area contributed by atoms with Crippen LogP contribution < -0.4 is 0 Å². The van der Waals surface area contributed by atoms with E-state index in [1.165, 1.54) is 0 Å². The highest BCUT2D eigenvalue weighted by Gasteiger charge is 2.30. The van der Waals surface area contributed by atoms with Crippen LogP contribution in [-0.2, 0) is 19.7 Å². The van der Waals surface area contributed by atoms with E-state index in [-0.39, 0.29) is 18.6 Å². The van der Waals surface area contributed by atoms with Crippen LogP contribution in [0.1, 0.15) is 34.5 Å². The summed E-state index contributed by atoms with van der Waals surface area (Å²) in [6, 6.07) is 7.97. The van der Waals surface area contributed by atoms with Gasteiger partial charge in [0, 0.05) is 18.7 Å². The lowest BCUT2D eigenvalue weighted by Crippen LogP contribution is -2.38. The Labute approximate surface area is 147 Å². The molecule has 25 heavy (non-hydrogen) atoms. The van der Waals surface area contributed by atoms with E-state index >= 15 is 0 Å². The van der Waals surface area contributed by atoms with Crippen LogP contribution in [0.3, 0.4) is 0 Å². The molecule has 1 aliphatic heterocycles. The van der Waals surface area contributed by atoms with Gasteiger partial charge in [-0.15, -0.1) is 5.10 Å². The standard InChI is InChI=1S/C18H25N5O2/c1-21(2)10-14-5-3-6-15(9-14)18(25)23-8-4-7-17(23)12-22-11-16(13-24)19-20-22/h3,5-6,9,11,17,24H,4,7-8,10,12-13H2,1-2H3/t17-/m0/s1. The van der Waals surface area contributed by atoms with Crippen LogP contribution in [0.15, 0.2) is 30.5 Å². The van der Waals surface area contributed by atoms with Gasteiger partial charge in [-0.05, 0) is 44.6 Å². The molecule has 3 rings (SSSR count). The normalized spacial score (nSPS) is 17.4. The number of amides is 1. The molecule has 1 atom stereocenters. The first-order chi connectivity index (χ1) is 12.1. The van der Waals surface area contributed by atoms with E-state index in [4.69, 9.17) is 5.11 Å². The largest absolute Gasteiger partial charge is 0.390 e. The van der Waals surface area contributed by atoms with E-state index in [1.807, 2.05) is 43.3 Å². The fraction of sp³-hybridized carbons (Fsp3) is 0.500. The first-order valence-corrected chi connectivity index (χ1v) is 8.61. The van der Waals surface area contributed by atoms with Crippen molar-refractivity contribution < 1.29 is 9.90 Å². The van der Waals surface area contributed by atoms with Crippen molar-refractivity contribution in [3.8, 4) is 0 Å². The highest BCUT2D eigenvalue weighted by Crippen LogP contribution is 2.22. The number of benzene rings is 1. The maximum absolute atomic E-state index is 13.0. The van der Waals surface area contributed by atoms with Gasteiger partial charge in [0.1, 0.15) is 5.69 Å². The Hall–Kier alpha value is -2.25. The zero-order valence-electron chi connectivity index (χ0n) is 14.8. The number of likely N-dealkylation sites (tertiary alicyclic amines) is 1. The summed E-state index contributed by atoms with van der Waals surface area (Å²) in [5, 5.41) is 17.0.